The van der Waals surface area contributed by atoms with E-state index in [0.29, 0.717) is 23.3 Å². The highest BCUT2D eigenvalue weighted by atomic mass is 16.5. The van der Waals surface area contributed by atoms with Gasteiger partial charge in [-0.05, 0) is 24.6 Å². The van der Waals surface area contributed by atoms with Crippen molar-refractivity contribution >= 4 is 22.6 Å². The summed E-state index contributed by atoms with van der Waals surface area (Å²) in [6.07, 6.45) is 4.07. The number of carbonyl (C=O) groups excluding carboxylic acids is 1. The number of nitrogen functional groups attached to an aromatic ring is 1. The lowest BCUT2D eigenvalue weighted by atomic mass is 10.2. The maximum Gasteiger partial charge on any atom is 0.374 e. The van der Waals surface area contributed by atoms with Gasteiger partial charge in [0.15, 0.2) is 5.43 Å². The molecule has 0 saturated carbocycles. The molecule has 0 amide bonds. The number of hydrogen-bond donors (Lipinski definition) is 1. The number of nitrogens with two attached hydrogens (primary N) is 1. The van der Waals surface area contributed by atoms with Gasteiger partial charge in [-0.25, -0.2) is 4.79 Å². The highest BCUT2D eigenvalue weighted by Gasteiger charge is 2.13. The molecule has 21 heavy (non-hydrogen) atoms. The predicted molar refractivity (Wildman–Crippen MR) is 81.3 cm³/mol. The van der Waals surface area contributed by atoms with E-state index in [2.05, 4.69) is 6.92 Å². The van der Waals surface area contributed by atoms with Crippen molar-refractivity contribution in [3.05, 3.63) is 40.2 Å². The molecular weight excluding hydrogens is 270 g/mol. The summed E-state index contributed by atoms with van der Waals surface area (Å²) in [7, 11) is 0. The first-order valence-electron chi connectivity index (χ1n) is 7.12. The lowest BCUT2D eigenvalue weighted by Gasteiger charge is -2.05. The van der Waals surface area contributed by atoms with Gasteiger partial charge in [0.2, 0.25) is 5.76 Å². The summed E-state index contributed by atoms with van der Waals surface area (Å²) in [5.74, 6) is -0.685. The molecule has 0 aliphatic rings. The van der Waals surface area contributed by atoms with Crippen LogP contribution in [-0.4, -0.2) is 12.6 Å². The predicted octanol–water partition coefficient (Wildman–Crippen LogP) is 3.11. The van der Waals surface area contributed by atoms with Gasteiger partial charge in [0.25, 0.3) is 0 Å². The van der Waals surface area contributed by atoms with Gasteiger partial charge in [-0.3, -0.25) is 4.79 Å². The van der Waals surface area contributed by atoms with Crippen molar-refractivity contribution in [3.63, 3.8) is 0 Å². The Morgan fingerprint density at radius 1 is 1.24 bits per heavy atom. The molecule has 0 unspecified atom stereocenters. The van der Waals surface area contributed by atoms with Crippen molar-refractivity contribution in [1.29, 1.82) is 0 Å². The van der Waals surface area contributed by atoms with Gasteiger partial charge < -0.3 is 14.9 Å². The van der Waals surface area contributed by atoms with E-state index < -0.39 is 5.97 Å². The fraction of sp³-hybridized carbons (Fsp3) is 0.375. The fourth-order valence-electron chi connectivity index (χ4n) is 2.04. The standard InChI is InChI=1S/C16H19NO4/c1-2-3-4-5-8-20-16(19)15-10-13(18)12-9-11(17)6-7-14(12)21-15/h6-7,9-10H,2-5,8,17H2,1H3. The van der Waals surface area contributed by atoms with Crippen LogP contribution in [0.2, 0.25) is 0 Å². The van der Waals surface area contributed by atoms with Crippen LogP contribution in [0.5, 0.6) is 0 Å². The number of unbranched alkanes of at least 4 members (excludes halogenated alkanes) is 3. The first-order valence-corrected chi connectivity index (χ1v) is 7.12. The molecule has 2 rings (SSSR count). The molecule has 1 aromatic carbocycles. The molecule has 0 radical (unpaired) electrons. The monoisotopic (exact) mass is 289 g/mol. The summed E-state index contributed by atoms with van der Waals surface area (Å²) >= 11 is 0. The third kappa shape index (κ3) is 3.84. The molecule has 0 atom stereocenters. The average molecular weight is 289 g/mol. The van der Waals surface area contributed by atoms with Gasteiger partial charge in [0.1, 0.15) is 5.58 Å². The Balaban J connectivity index is 2.10. The summed E-state index contributed by atoms with van der Waals surface area (Å²) in [6.45, 7) is 2.45. The molecule has 2 N–H and O–H groups in total. The third-order valence-corrected chi connectivity index (χ3v) is 3.18. The highest BCUT2D eigenvalue weighted by Crippen LogP contribution is 2.16. The largest absolute Gasteiger partial charge is 0.460 e. The van der Waals surface area contributed by atoms with Crippen LogP contribution in [0, 0.1) is 0 Å². The molecule has 0 aliphatic heterocycles. The van der Waals surface area contributed by atoms with Crippen molar-refractivity contribution in [2.24, 2.45) is 0 Å². The van der Waals surface area contributed by atoms with Gasteiger partial charge in [0, 0.05) is 11.8 Å². The SMILES string of the molecule is CCCCCCOC(=O)c1cc(=O)c2cc(N)ccc2o1. The molecule has 0 spiro atoms. The Morgan fingerprint density at radius 3 is 2.81 bits per heavy atom. The Labute approximate surface area is 122 Å². The van der Waals surface area contributed by atoms with Gasteiger partial charge >= 0.3 is 5.97 Å². The molecule has 2 aromatic rings. The molecule has 1 aromatic heterocycles. The Kier molecular flexibility index (Phi) is 4.98. The summed E-state index contributed by atoms with van der Waals surface area (Å²) in [6, 6.07) is 5.87. The zero-order chi connectivity index (χ0) is 15.2. The second kappa shape index (κ2) is 6.92. The highest BCUT2D eigenvalue weighted by molar-refractivity contribution is 5.89. The Hall–Kier alpha value is -2.30. The fourth-order valence-corrected chi connectivity index (χ4v) is 2.04. The first kappa shape index (κ1) is 15.1. The van der Waals surface area contributed by atoms with Crippen molar-refractivity contribution < 1.29 is 13.9 Å². The number of rotatable bonds is 6. The minimum Gasteiger partial charge on any atom is -0.460 e. The minimum atomic E-state index is -0.609. The van der Waals surface area contributed by atoms with Crippen LogP contribution in [0.1, 0.15) is 43.2 Å². The maximum atomic E-state index is 11.9. The van der Waals surface area contributed by atoms with Gasteiger partial charge in [-0.1, -0.05) is 26.2 Å². The first-order chi connectivity index (χ1) is 10.1. The lowest BCUT2D eigenvalue weighted by molar-refractivity contribution is 0.0462. The number of anilines is 1. The van der Waals surface area contributed by atoms with Crippen molar-refractivity contribution in [2.45, 2.75) is 32.6 Å². The van der Waals surface area contributed by atoms with E-state index in [1.54, 1.807) is 12.1 Å². The van der Waals surface area contributed by atoms with Crippen LogP contribution in [0.3, 0.4) is 0 Å². The van der Waals surface area contributed by atoms with Crippen LogP contribution >= 0.6 is 0 Å². The summed E-state index contributed by atoms with van der Waals surface area (Å²) in [5.41, 5.74) is 6.12. The number of fused-ring (bicyclic) bond motifs is 1. The summed E-state index contributed by atoms with van der Waals surface area (Å²) in [4.78, 5) is 23.8. The summed E-state index contributed by atoms with van der Waals surface area (Å²) in [5, 5.41) is 0.356. The van der Waals surface area contributed by atoms with Crippen LogP contribution in [0.4, 0.5) is 5.69 Å². The van der Waals surface area contributed by atoms with Crippen molar-refractivity contribution in [2.75, 3.05) is 12.3 Å². The number of hydrogen-bond acceptors (Lipinski definition) is 5. The van der Waals surface area contributed by atoms with E-state index >= 15 is 0 Å². The smallest absolute Gasteiger partial charge is 0.374 e. The number of carbonyl (C=O) groups is 1. The van der Waals surface area contributed by atoms with Crippen LogP contribution in [0.15, 0.2) is 33.5 Å². The molecule has 0 aliphatic carbocycles. The van der Waals surface area contributed by atoms with Crippen LogP contribution < -0.4 is 11.2 Å². The Morgan fingerprint density at radius 2 is 2.05 bits per heavy atom. The van der Waals surface area contributed by atoms with E-state index in [1.165, 1.54) is 6.07 Å². The van der Waals surface area contributed by atoms with E-state index in [-0.39, 0.29) is 11.2 Å². The van der Waals surface area contributed by atoms with Gasteiger partial charge in [-0.15, -0.1) is 0 Å². The van der Waals surface area contributed by atoms with Gasteiger partial charge in [0.05, 0.1) is 12.0 Å². The quantitative estimate of drug-likeness (QED) is 0.502. The molecule has 112 valence electrons. The normalized spacial score (nSPS) is 10.7. The lowest BCUT2D eigenvalue weighted by Crippen LogP contribution is -2.11. The van der Waals surface area contributed by atoms with E-state index in [1.807, 2.05) is 0 Å². The molecule has 0 fully saturated rings. The van der Waals surface area contributed by atoms with Crippen LogP contribution in [-0.2, 0) is 4.74 Å². The molecule has 0 bridgehead atoms. The molecule has 5 nitrogen and oxygen atoms in total. The van der Waals surface area contributed by atoms with Crippen LogP contribution in [0.25, 0.3) is 11.0 Å². The number of ether oxygens (including phenoxy) is 1. The molecular formula is C16H19NO4. The third-order valence-electron chi connectivity index (χ3n) is 3.18. The van der Waals surface area contributed by atoms with E-state index in [0.717, 1.165) is 31.7 Å². The van der Waals surface area contributed by atoms with Crippen molar-refractivity contribution in [1.82, 2.24) is 0 Å². The molecule has 5 heteroatoms. The second-order valence-corrected chi connectivity index (χ2v) is 4.93. The molecule has 1 heterocycles. The molecule has 0 saturated heterocycles. The zero-order valence-electron chi connectivity index (χ0n) is 12.1. The van der Waals surface area contributed by atoms with E-state index in [9.17, 15) is 9.59 Å². The number of esters is 1. The van der Waals surface area contributed by atoms with E-state index in [4.69, 9.17) is 14.9 Å². The summed E-state index contributed by atoms with van der Waals surface area (Å²) < 4.78 is 10.5. The topological polar surface area (TPSA) is 82.5 Å². The zero-order valence-corrected chi connectivity index (χ0v) is 12.1. The second-order valence-electron chi connectivity index (χ2n) is 4.93. The van der Waals surface area contributed by atoms with Gasteiger partial charge in [-0.2, -0.15) is 0 Å². The Bertz CT molecular complexity index is 690. The maximum absolute atomic E-state index is 11.9. The average Bonchev–Trinajstić information content (AvgIpc) is 2.47. The van der Waals surface area contributed by atoms with Crippen molar-refractivity contribution in [3.8, 4) is 0 Å². The minimum absolute atomic E-state index is 0.0761. The number of benzene rings is 1.